The fourth-order valence-electron chi connectivity index (χ4n) is 7.14. The Balaban J connectivity index is 1.24. The minimum Gasteiger partial charge on any atom is -0.494 e. The average Bonchev–Trinajstić information content (AvgIpc) is 3.22. The van der Waals surface area contributed by atoms with Crippen LogP contribution in [0.25, 0.3) is 6.08 Å². The number of rotatable bonds is 14. The van der Waals surface area contributed by atoms with Gasteiger partial charge in [-0.1, -0.05) is 91.9 Å². The molecule has 4 aromatic carbocycles. The van der Waals surface area contributed by atoms with Gasteiger partial charge in [0, 0.05) is 90.6 Å². The van der Waals surface area contributed by atoms with E-state index in [0.29, 0.717) is 39.2 Å². The van der Waals surface area contributed by atoms with E-state index in [1.165, 1.54) is 5.56 Å². The number of amides is 3. The summed E-state index contributed by atoms with van der Waals surface area (Å²) in [5.74, 6) is 0.652. The summed E-state index contributed by atoms with van der Waals surface area (Å²) in [7, 11) is 0. The summed E-state index contributed by atoms with van der Waals surface area (Å²) in [5, 5.41) is 0. The van der Waals surface area contributed by atoms with E-state index in [-0.39, 0.29) is 24.3 Å². The third-order valence-electron chi connectivity index (χ3n) is 10.3. The van der Waals surface area contributed by atoms with Crippen molar-refractivity contribution in [2.24, 2.45) is 0 Å². The first-order valence-electron chi connectivity index (χ1n) is 19.3. The highest BCUT2D eigenvalue weighted by Gasteiger charge is 2.34. The highest BCUT2D eigenvalue weighted by Crippen LogP contribution is 2.23. The molecule has 1 unspecified atom stereocenters. The van der Waals surface area contributed by atoms with E-state index in [9.17, 15) is 14.4 Å². The molecule has 0 radical (unpaired) electrons. The Kier molecular flexibility index (Phi) is 13.5. The molecule has 3 amide bonds. The van der Waals surface area contributed by atoms with Crippen molar-refractivity contribution in [1.29, 1.82) is 0 Å². The minimum atomic E-state index is -0.700. The Labute approximate surface area is 320 Å². The van der Waals surface area contributed by atoms with Gasteiger partial charge in [0.1, 0.15) is 11.8 Å². The fourth-order valence-corrected chi connectivity index (χ4v) is 7.14. The average molecular weight is 728 g/mol. The van der Waals surface area contributed by atoms with Gasteiger partial charge in [-0.25, -0.2) is 0 Å². The molecule has 0 N–H and O–H groups in total. The maximum atomic E-state index is 14.7. The van der Waals surface area contributed by atoms with E-state index in [1.54, 1.807) is 17.9 Å². The third kappa shape index (κ3) is 10.6. The molecule has 2 saturated heterocycles. The van der Waals surface area contributed by atoms with Crippen molar-refractivity contribution in [3.63, 3.8) is 0 Å². The van der Waals surface area contributed by atoms with Crippen LogP contribution in [0.1, 0.15) is 42.5 Å². The molecule has 2 aliphatic rings. The number of anilines is 1. The van der Waals surface area contributed by atoms with Crippen molar-refractivity contribution in [2.75, 3.05) is 63.9 Å². The number of benzene rings is 4. The second-order valence-corrected chi connectivity index (χ2v) is 14.2. The van der Waals surface area contributed by atoms with Gasteiger partial charge in [-0.15, -0.1) is 0 Å². The standard InChI is InChI=1S/C45H53N5O4/c1-3-32-54-42-21-16-37(17-22-42)18-23-44(52)50(35-40-14-19-41(20-15-40)48-30-28-47(29-31-48)36(2)51)43(33-38-10-6-4-7-11-38)45(53)49-26-24-46(25-27-49)34-39-12-8-5-9-13-39/h4-23,43H,3,24-35H2,1-2H3. The van der Waals surface area contributed by atoms with Gasteiger partial charge in [0.2, 0.25) is 17.7 Å². The maximum absolute atomic E-state index is 14.7. The van der Waals surface area contributed by atoms with Gasteiger partial charge in [-0.05, 0) is 59.0 Å². The molecule has 0 saturated carbocycles. The minimum absolute atomic E-state index is 0.0302. The molecule has 1 atom stereocenters. The molecular weight excluding hydrogens is 675 g/mol. The Bertz CT molecular complexity index is 1820. The third-order valence-corrected chi connectivity index (χ3v) is 10.3. The number of hydrogen-bond acceptors (Lipinski definition) is 6. The van der Waals surface area contributed by atoms with E-state index in [2.05, 4.69) is 65.3 Å². The summed E-state index contributed by atoms with van der Waals surface area (Å²) in [6.45, 7) is 11.2. The number of carbonyl (C=O) groups is 3. The molecule has 9 heteroatoms. The second-order valence-electron chi connectivity index (χ2n) is 14.2. The van der Waals surface area contributed by atoms with Crippen LogP contribution in [0.5, 0.6) is 5.75 Å². The summed E-state index contributed by atoms with van der Waals surface area (Å²) >= 11 is 0. The van der Waals surface area contributed by atoms with Crippen LogP contribution in [0, 0.1) is 0 Å². The van der Waals surface area contributed by atoms with Gasteiger partial charge in [0.15, 0.2) is 0 Å². The number of piperazine rings is 2. The Morgan fingerprint density at radius 3 is 1.93 bits per heavy atom. The summed E-state index contributed by atoms with van der Waals surface area (Å²) in [5.41, 5.74) is 5.16. The van der Waals surface area contributed by atoms with Gasteiger partial charge < -0.3 is 24.3 Å². The van der Waals surface area contributed by atoms with E-state index in [4.69, 9.17) is 4.74 Å². The Hall–Kier alpha value is -5.41. The van der Waals surface area contributed by atoms with Crippen LogP contribution in [-0.4, -0.2) is 102 Å². The lowest BCUT2D eigenvalue weighted by Gasteiger charge is -2.39. The second kappa shape index (κ2) is 19.1. The zero-order valence-electron chi connectivity index (χ0n) is 31.7. The number of hydrogen-bond donors (Lipinski definition) is 0. The summed E-state index contributed by atoms with van der Waals surface area (Å²) in [4.78, 5) is 51.2. The molecule has 0 aliphatic carbocycles. The van der Waals surface area contributed by atoms with Crippen molar-refractivity contribution < 1.29 is 19.1 Å². The monoisotopic (exact) mass is 727 g/mol. The predicted molar refractivity (Wildman–Crippen MR) is 215 cm³/mol. The number of ether oxygens (including phenoxy) is 1. The molecular formula is C45H53N5O4. The number of nitrogens with zero attached hydrogens (tertiary/aromatic N) is 5. The summed E-state index contributed by atoms with van der Waals surface area (Å²) < 4.78 is 5.75. The lowest BCUT2D eigenvalue weighted by Crippen LogP contribution is -2.56. The van der Waals surface area contributed by atoms with Gasteiger partial charge in [-0.3, -0.25) is 19.3 Å². The molecule has 9 nitrogen and oxygen atoms in total. The van der Waals surface area contributed by atoms with E-state index < -0.39 is 6.04 Å². The van der Waals surface area contributed by atoms with E-state index in [0.717, 1.165) is 67.3 Å². The smallest absolute Gasteiger partial charge is 0.247 e. The van der Waals surface area contributed by atoms with Crippen LogP contribution < -0.4 is 9.64 Å². The lowest BCUT2D eigenvalue weighted by molar-refractivity contribution is -0.145. The van der Waals surface area contributed by atoms with Crippen LogP contribution in [0.3, 0.4) is 0 Å². The first-order valence-corrected chi connectivity index (χ1v) is 19.3. The molecule has 282 valence electrons. The van der Waals surface area contributed by atoms with Crippen molar-refractivity contribution in [1.82, 2.24) is 19.6 Å². The van der Waals surface area contributed by atoms with Gasteiger partial charge >= 0.3 is 0 Å². The molecule has 0 aromatic heterocycles. The van der Waals surface area contributed by atoms with Crippen LogP contribution in [-0.2, 0) is 33.9 Å². The molecule has 0 spiro atoms. The van der Waals surface area contributed by atoms with Gasteiger partial charge in [-0.2, -0.15) is 0 Å². The Morgan fingerprint density at radius 2 is 1.31 bits per heavy atom. The van der Waals surface area contributed by atoms with Crippen LogP contribution >= 0.6 is 0 Å². The molecule has 2 aliphatic heterocycles. The van der Waals surface area contributed by atoms with E-state index >= 15 is 0 Å². The van der Waals surface area contributed by atoms with Gasteiger partial charge in [0.05, 0.1) is 6.61 Å². The normalized spacial score (nSPS) is 15.6. The largest absolute Gasteiger partial charge is 0.494 e. The highest BCUT2D eigenvalue weighted by molar-refractivity contribution is 5.96. The molecule has 4 aromatic rings. The predicted octanol–water partition coefficient (Wildman–Crippen LogP) is 6.14. The van der Waals surface area contributed by atoms with Crippen molar-refractivity contribution in [3.8, 4) is 5.75 Å². The molecule has 54 heavy (non-hydrogen) atoms. The summed E-state index contributed by atoms with van der Waals surface area (Å²) in [6.07, 6.45) is 4.74. The molecule has 2 fully saturated rings. The lowest BCUT2D eigenvalue weighted by atomic mass is 10.0. The first kappa shape index (κ1) is 38.3. The highest BCUT2D eigenvalue weighted by atomic mass is 16.5. The van der Waals surface area contributed by atoms with Crippen molar-refractivity contribution >= 4 is 29.5 Å². The first-order chi connectivity index (χ1) is 26.4. The Morgan fingerprint density at radius 1 is 0.704 bits per heavy atom. The quantitative estimate of drug-likeness (QED) is 0.145. The van der Waals surface area contributed by atoms with Crippen LogP contribution in [0.2, 0.25) is 0 Å². The SMILES string of the molecule is CCCOc1ccc(C=CC(=O)N(Cc2ccc(N3CCN(C(C)=O)CC3)cc2)C(Cc2ccccc2)C(=O)N2CCN(Cc3ccccc3)CC2)cc1. The summed E-state index contributed by atoms with van der Waals surface area (Å²) in [6, 6.07) is 35.7. The molecule has 6 rings (SSSR count). The van der Waals surface area contributed by atoms with Crippen molar-refractivity contribution in [2.45, 2.75) is 45.8 Å². The molecule has 2 heterocycles. The zero-order chi connectivity index (χ0) is 37.7. The van der Waals surface area contributed by atoms with E-state index in [1.807, 2.05) is 76.5 Å². The fraction of sp³-hybridized carbons (Fsp3) is 0.356. The molecule has 0 bridgehead atoms. The van der Waals surface area contributed by atoms with Gasteiger partial charge in [0.25, 0.3) is 0 Å². The number of carbonyl (C=O) groups excluding carboxylic acids is 3. The van der Waals surface area contributed by atoms with Crippen molar-refractivity contribution in [3.05, 3.63) is 138 Å². The van der Waals surface area contributed by atoms with Crippen LogP contribution in [0.4, 0.5) is 5.69 Å². The van der Waals surface area contributed by atoms with Crippen LogP contribution in [0.15, 0.2) is 115 Å². The maximum Gasteiger partial charge on any atom is 0.247 e. The topological polar surface area (TPSA) is 76.6 Å². The zero-order valence-corrected chi connectivity index (χ0v) is 31.7.